The number of carbonyl (C=O) groups excluding carboxylic acids is 2. The van der Waals surface area contributed by atoms with Gasteiger partial charge in [0, 0.05) is 26.1 Å². The number of hydrogen-bond donors (Lipinski definition) is 2. The molecule has 0 aliphatic heterocycles. The summed E-state index contributed by atoms with van der Waals surface area (Å²) in [5, 5.41) is 2.83. The van der Waals surface area contributed by atoms with Crippen LogP contribution in [0.4, 0.5) is 0 Å². The Morgan fingerprint density at radius 2 is 2.00 bits per heavy atom. The van der Waals surface area contributed by atoms with Gasteiger partial charge in [-0.15, -0.1) is 0 Å². The predicted molar refractivity (Wildman–Crippen MR) is 85.9 cm³/mol. The molecule has 1 aromatic carbocycles. The molecule has 0 radical (unpaired) electrons. The van der Waals surface area contributed by atoms with Crippen molar-refractivity contribution in [2.45, 2.75) is 38.3 Å². The molecule has 0 spiro atoms. The molecule has 0 heterocycles. The van der Waals surface area contributed by atoms with Crippen molar-refractivity contribution in [2.24, 2.45) is 11.7 Å². The maximum absolute atomic E-state index is 12.1. The van der Waals surface area contributed by atoms with Crippen LogP contribution < -0.4 is 11.1 Å². The zero-order chi connectivity index (χ0) is 15.9. The van der Waals surface area contributed by atoms with Crippen molar-refractivity contribution in [1.29, 1.82) is 0 Å². The number of likely N-dealkylation sites (N-methyl/N-ethyl adjacent to an activating group) is 1. The minimum Gasteiger partial charge on any atom is -0.350 e. The third-order valence-corrected chi connectivity index (χ3v) is 4.29. The quantitative estimate of drug-likeness (QED) is 0.831. The second-order valence-electron chi connectivity index (χ2n) is 6.07. The van der Waals surface area contributed by atoms with Crippen LogP contribution in [0.25, 0.3) is 0 Å². The SMILES string of the molecule is CN(CC(=O)NCc1ccccc1)C(=O)C[C@@H]1CCC[C@H]1N. The average molecular weight is 303 g/mol. The number of nitrogens with two attached hydrogens (primary N) is 1. The van der Waals surface area contributed by atoms with Crippen molar-refractivity contribution < 1.29 is 9.59 Å². The summed E-state index contributed by atoms with van der Waals surface area (Å²) in [6.45, 7) is 0.572. The van der Waals surface area contributed by atoms with E-state index in [9.17, 15) is 9.59 Å². The number of nitrogens with zero attached hydrogens (tertiary/aromatic N) is 1. The number of rotatable bonds is 6. The maximum Gasteiger partial charge on any atom is 0.239 e. The molecule has 1 fully saturated rings. The van der Waals surface area contributed by atoms with Crippen molar-refractivity contribution in [3.8, 4) is 0 Å². The van der Waals surface area contributed by atoms with Gasteiger partial charge in [0.1, 0.15) is 0 Å². The minimum absolute atomic E-state index is 0.00258. The van der Waals surface area contributed by atoms with Crippen molar-refractivity contribution >= 4 is 11.8 Å². The fourth-order valence-corrected chi connectivity index (χ4v) is 2.86. The van der Waals surface area contributed by atoms with E-state index in [1.54, 1.807) is 7.05 Å². The van der Waals surface area contributed by atoms with Gasteiger partial charge in [-0.05, 0) is 24.3 Å². The van der Waals surface area contributed by atoms with E-state index < -0.39 is 0 Å². The van der Waals surface area contributed by atoms with E-state index in [0.29, 0.717) is 13.0 Å². The first-order valence-corrected chi connectivity index (χ1v) is 7.86. The van der Waals surface area contributed by atoms with E-state index in [1.165, 1.54) is 4.90 Å². The van der Waals surface area contributed by atoms with Gasteiger partial charge >= 0.3 is 0 Å². The summed E-state index contributed by atoms with van der Waals surface area (Å²) in [5.41, 5.74) is 7.03. The number of hydrogen-bond acceptors (Lipinski definition) is 3. The fourth-order valence-electron chi connectivity index (χ4n) is 2.86. The van der Waals surface area contributed by atoms with E-state index >= 15 is 0 Å². The Bertz CT molecular complexity index is 504. The molecule has 2 atom stereocenters. The van der Waals surface area contributed by atoms with Crippen LogP contribution in [-0.4, -0.2) is 36.3 Å². The highest BCUT2D eigenvalue weighted by atomic mass is 16.2. The summed E-state index contributed by atoms with van der Waals surface area (Å²) in [5.74, 6) is 0.120. The van der Waals surface area contributed by atoms with Gasteiger partial charge in [0.25, 0.3) is 0 Å². The Labute approximate surface area is 131 Å². The van der Waals surface area contributed by atoms with E-state index in [-0.39, 0.29) is 30.3 Å². The van der Waals surface area contributed by atoms with Crippen molar-refractivity contribution in [1.82, 2.24) is 10.2 Å². The third kappa shape index (κ3) is 4.84. The van der Waals surface area contributed by atoms with Gasteiger partial charge < -0.3 is 16.0 Å². The summed E-state index contributed by atoms with van der Waals surface area (Å²) in [7, 11) is 1.67. The van der Waals surface area contributed by atoms with E-state index in [2.05, 4.69) is 5.32 Å². The first-order chi connectivity index (χ1) is 10.6. The summed E-state index contributed by atoms with van der Waals surface area (Å²) in [4.78, 5) is 25.5. The maximum atomic E-state index is 12.1. The standard InChI is InChI=1S/C17H25N3O2/c1-20(17(22)10-14-8-5-9-15(14)18)12-16(21)19-11-13-6-3-2-4-7-13/h2-4,6-7,14-15H,5,8-12,18H2,1H3,(H,19,21)/t14-,15+/m0/s1. The molecule has 0 aromatic heterocycles. The van der Waals surface area contributed by atoms with Gasteiger partial charge in [0.05, 0.1) is 6.54 Å². The largest absolute Gasteiger partial charge is 0.350 e. The molecule has 120 valence electrons. The number of carbonyl (C=O) groups is 2. The van der Waals surface area contributed by atoms with Crippen molar-refractivity contribution in [3.05, 3.63) is 35.9 Å². The van der Waals surface area contributed by atoms with Gasteiger partial charge in [-0.25, -0.2) is 0 Å². The molecule has 3 N–H and O–H groups in total. The first kappa shape index (κ1) is 16.5. The monoisotopic (exact) mass is 303 g/mol. The van der Waals surface area contributed by atoms with Crippen LogP contribution in [-0.2, 0) is 16.1 Å². The van der Waals surface area contributed by atoms with Gasteiger partial charge in [-0.2, -0.15) is 0 Å². The zero-order valence-electron chi connectivity index (χ0n) is 13.1. The van der Waals surface area contributed by atoms with Crippen LogP contribution in [0.3, 0.4) is 0 Å². The van der Waals surface area contributed by atoms with Crippen LogP contribution in [0.15, 0.2) is 30.3 Å². The minimum atomic E-state index is -0.143. The summed E-state index contributed by atoms with van der Waals surface area (Å²) in [6, 6.07) is 9.84. The van der Waals surface area contributed by atoms with Gasteiger partial charge in [0.15, 0.2) is 0 Å². The van der Waals surface area contributed by atoms with Crippen LogP contribution in [0, 0.1) is 5.92 Å². The molecule has 1 aliphatic carbocycles. The highest BCUT2D eigenvalue weighted by Gasteiger charge is 2.27. The molecular weight excluding hydrogens is 278 g/mol. The van der Waals surface area contributed by atoms with Crippen LogP contribution in [0.5, 0.6) is 0 Å². The molecule has 0 unspecified atom stereocenters. The lowest BCUT2D eigenvalue weighted by molar-refractivity contribution is -0.135. The Morgan fingerprint density at radius 3 is 2.64 bits per heavy atom. The van der Waals surface area contributed by atoms with Gasteiger partial charge in [-0.1, -0.05) is 36.8 Å². The highest BCUT2D eigenvalue weighted by Crippen LogP contribution is 2.27. The number of nitrogens with one attached hydrogen (secondary N) is 1. The smallest absolute Gasteiger partial charge is 0.239 e. The predicted octanol–water partition coefficient (Wildman–Crippen LogP) is 1.28. The Balaban J connectivity index is 1.72. The molecule has 1 aliphatic rings. The van der Waals surface area contributed by atoms with Gasteiger partial charge in [0.2, 0.25) is 11.8 Å². The Kier molecular flexibility index (Phi) is 5.95. The molecule has 5 heteroatoms. The molecular formula is C17H25N3O2. The zero-order valence-corrected chi connectivity index (χ0v) is 13.1. The van der Waals surface area contributed by atoms with Crippen molar-refractivity contribution in [3.63, 3.8) is 0 Å². The number of amides is 2. The first-order valence-electron chi connectivity index (χ1n) is 7.86. The Morgan fingerprint density at radius 1 is 1.27 bits per heavy atom. The molecule has 0 bridgehead atoms. The second kappa shape index (κ2) is 7.94. The average Bonchev–Trinajstić information content (AvgIpc) is 2.91. The second-order valence-corrected chi connectivity index (χ2v) is 6.07. The summed E-state index contributed by atoms with van der Waals surface area (Å²) < 4.78 is 0. The molecule has 5 nitrogen and oxygen atoms in total. The molecule has 1 saturated carbocycles. The fraction of sp³-hybridized carbons (Fsp3) is 0.529. The Hall–Kier alpha value is -1.88. The molecule has 2 amide bonds. The molecule has 2 rings (SSSR count). The summed E-state index contributed by atoms with van der Waals surface area (Å²) >= 11 is 0. The summed E-state index contributed by atoms with van der Waals surface area (Å²) in [6.07, 6.45) is 3.56. The lowest BCUT2D eigenvalue weighted by atomic mass is 9.99. The normalized spacial score (nSPS) is 20.6. The van der Waals surface area contributed by atoms with E-state index in [0.717, 1.165) is 24.8 Å². The number of benzene rings is 1. The van der Waals surface area contributed by atoms with E-state index in [4.69, 9.17) is 5.73 Å². The third-order valence-electron chi connectivity index (χ3n) is 4.29. The van der Waals surface area contributed by atoms with Gasteiger partial charge in [-0.3, -0.25) is 9.59 Å². The van der Waals surface area contributed by atoms with Crippen LogP contribution in [0.1, 0.15) is 31.2 Å². The van der Waals surface area contributed by atoms with Crippen LogP contribution >= 0.6 is 0 Å². The highest BCUT2D eigenvalue weighted by molar-refractivity contribution is 5.84. The van der Waals surface area contributed by atoms with Crippen LogP contribution in [0.2, 0.25) is 0 Å². The van der Waals surface area contributed by atoms with Crippen molar-refractivity contribution in [2.75, 3.05) is 13.6 Å². The molecule has 0 saturated heterocycles. The molecule has 1 aromatic rings. The molecule has 22 heavy (non-hydrogen) atoms. The van der Waals surface area contributed by atoms with E-state index in [1.807, 2.05) is 30.3 Å². The topological polar surface area (TPSA) is 75.4 Å². The lowest BCUT2D eigenvalue weighted by Crippen LogP contribution is -2.39. The lowest BCUT2D eigenvalue weighted by Gasteiger charge is -2.21.